The Kier molecular flexibility index (Phi) is 3.81. The van der Waals surface area contributed by atoms with Gasteiger partial charge in [-0.3, -0.25) is 9.78 Å². The molecule has 0 saturated carbocycles. The van der Waals surface area contributed by atoms with Crippen molar-refractivity contribution in [2.75, 3.05) is 7.11 Å². The molecule has 0 radical (unpaired) electrons. The fourth-order valence-corrected chi connectivity index (χ4v) is 2.38. The highest BCUT2D eigenvalue weighted by molar-refractivity contribution is 6.34. The minimum Gasteiger partial charge on any atom is -0.497 e. The lowest BCUT2D eigenvalue weighted by molar-refractivity contribution is 0.401. The largest absolute Gasteiger partial charge is 0.497 e. The summed E-state index contributed by atoms with van der Waals surface area (Å²) in [5.41, 5.74) is 2.13. The van der Waals surface area contributed by atoms with Gasteiger partial charge >= 0.3 is 5.69 Å². The van der Waals surface area contributed by atoms with Crippen LogP contribution in [-0.2, 0) is 5.41 Å². The summed E-state index contributed by atoms with van der Waals surface area (Å²) in [5.74, 6) is 0.826. The van der Waals surface area contributed by atoms with E-state index in [-0.39, 0.29) is 5.41 Å². The van der Waals surface area contributed by atoms with Gasteiger partial charge in [-0.05, 0) is 28.1 Å². The number of hydrogen-bond acceptors (Lipinski definition) is 3. The minimum atomic E-state index is -0.509. The normalized spacial score (nSPS) is 11.4. The van der Waals surface area contributed by atoms with Crippen molar-refractivity contribution in [3.05, 3.63) is 44.7 Å². The molecule has 2 aromatic rings. The van der Waals surface area contributed by atoms with E-state index >= 15 is 0 Å². The fraction of sp³-hybridized carbons (Fsp3) is 0.333. The molecule has 6 heteroatoms. The van der Waals surface area contributed by atoms with Crippen molar-refractivity contribution in [1.82, 2.24) is 9.97 Å². The van der Waals surface area contributed by atoms with Gasteiger partial charge in [-0.2, -0.15) is 0 Å². The maximum absolute atomic E-state index is 12.0. The quantitative estimate of drug-likeness (QED) is 0.779. The summed E-state index contributed by atoms with van der Waals surface area (Å²) in [6.45, 7) is 6.27. The van der Waals surface area contributed by atoms with Crippen LogP contribution in [0.1, 0.15) is 26.3 Å². The number of H-pyrrole nitrogens is 2. The number of aromatic amines is 2. The Balaban J connectivity index is 2.75. The molecule has 21 heavy (non-hydrogen) atoms. The standard InChI is InChI=1S/C15H19BN2O3/c1-15(2,3)10-5-8(6-11(16)12(10)21-4)9-7-17-14(20)18-13(9)19/h5-7H,16H2,1-4H3,(H2,17,18,19,20). The Morgan fingerprint density at radius 2 is 1.86 bits per heavy atom. The van der Waals surface area contributed by atoms with E-state index in [4.69, 9.17) is 4.74 Å². The first-order valence-electron chi connectivity index (χ1n) is 6.75. The maximum Gasteiger partial charge on any atom is 0.325 e. The Bertz CT molecular complexity index is 785. The van der Waals surface area contributed by atoms with E-state index in [0.717, 1.165) is 22.3 Å². The number of aromatic nitrogens is 2. The van der Waals surface area contributed by atoms with E-state index < -0.39 is 11.2 Å². The summed E-state index contributed by atoms with van der Waals surface area (Å²) in [7, 11) is 3.58. The Hall–Kier alpha value is -2.24. The molecule has 1 aromatic carbocycles. The van der Waals surface area contributed by atoms with Crippen LogP contribution in [0.15, 0.2) is 27.9 Å². The second kappa shape index (κ2) is 5.28. The lowest BCUT2D eigenvalue weighted by Gasteiger charge is -2.24. The van der Waals surface area contributed by atoms with E-state index in [2.05, 4.69) is 30.7 Å². The van der Waals surface area contributed by atoms with Crippen LogP contribution in [0.5, 0.6) is 5.75 Å². The smallest absolute Gasteiger partial charge is 0.325 e. The van der Waals surface area contributed by atoms with Crippen molar-refractivity contribution in [3.8, 4) is 16.9 Å². The maximum atomic E-state index is 12.0. The van der Waals surface area contributed by atoms with E-state index in [1.807, 2.05) is 20.0 Å². The predicted molar refractivity (Wildman–Crippen MR) is 86.5 cm³/mol. The molecule has 0 unspecified atom stereocenters. The van der Waals surface area contributed by atoms with Crippen LogP contribution in [0.2, 0.25) is 0 Å². The van der Waals surface area contributed by atoms with Crippen LogP contribution < -0.4 is 21.4 Å². The van der Waals surface area contributed by atoms with Gasteiger partial charge in [0, 0.05) is 6.20 Å². The van der Waals surface area contributed by atoms with Crippen molar-refractivity contribution in [1.29, 1.82) is 0 Å². The molecule has 0 spiro atoms. The SMILES string of the molecule is Bc1cc(-c2c[nH]c(=O)[nH]c2=O)cc(C(C)(C)C)c1OC. The summed E-state index contributed by atoms with van der Waals surface area (Å²) >= 11 is 0. The van der Waals surface area contributed by atoms with Crippen molar-refractivity contribution >= 4 is 13.3 Å². The number of nitrogens with one attached hydrogen (secondary N) is 2. The fourth-order valence-electron chi connectivity index (χ4n) is 2.38. The molecule has 0 amide bonds. The van der Waals surface area contributed by atoms with E-state index in [0.29, 0.717) is 5.56 Å². The monoisotopic (exact) mass is 286 g/mol. The molecule has 0 bridgehead atoms. The van der Waals surface area contributed by atoms with Gasteiger partial charge in [0.05, 0.1) is 12.7 Å². The molecular weight excluding hydrogens is 267 g/mol. The van der Waals surface area contributed by atoms with Crippen LogP contribution in [0.4, 0.5) is 0 Å². The van der Waals surface area contributed by atoms with Gasteiger partial charge in [-0.15, -0.1) is 0 Å². The third-order valence-electron chi connectivity index (χ3n) is 3.42. The lowest BCUT2D eigenvalue weighted by atomic mass is 9.79. The molecule has 0 saturated heterocycles. The zero-order chi connectivity index (χ0) is 15.8. The van der Waals surface area contributed by atoms with Gasteiger partial charge in [0.15, 0.2) is 0 Å². The van der Waals surface area contributed by atoms with Crippen LogP contribution in [0.3, 0.4) is 0 Å². The molecule has 0 atom stereocenters. The Labute approximate surface area is 123 Å². The third-order valence-corrected chi connectivity index (χ3v) is 3.42. The van der Waals surface area contributed by atoms with Crippen molar-refractivity contribution in [3.63, 3.8) is 0 Å². The number of ether oxygens (including phenoxy) is 1. The molecule has 0 aliphatic carbocycles. The van der Waals surface area contributed by atoms with Crippen LogP contribution in [0, 0.1) is 0 Å². The molecule has 1 heterocycles. The first kappa shape index (κ1) is 15.2. The van der Waals surface area contributed by atoms with Crippen molar-refractivity contribution in [2.45, 2.75) is 26.2 Å². The molecular formula is C15H19BN2O3. The van der Waals surface area contributed by atoms with E-state index in [1.54, 1.807) is 7.11 Å². The second-order valence-corrected chi connectivity index (χ2v) is 6.11. The summed E-state index contributed by atoms with van der Waals surface area (Å²) in [6, 6.07) is 3.83. The highest BCUT2D eigenvalue weighted by Gasteiger charge is 2.22. The number of benzene rings is 1. The number of hydrogen-bond donors (Lipinski definition) is 2. The molecule has 0 aliphatic heterocycles. The summed E-state index contributed by atoms with van der Waals surface area (Å²) in [5, 5.41) is 0. The molecule has 0 aliphatic rings. The van der Waals surface area contributed by atoms with Crippen molar-refractivity contribution in [2.24, 2.45) is 0 Å². The Morgan fingerprint density at radius 1 is 1.19 bits per heavy atom. The van der Waals surface area contributed by atoms with E-state index in [1.165, 1.54) is 6.20 Å². The summed E-state index contributed by atoms with van der Waals surface area (Å²) < 4.78 is 5.50. The molecule has 2 rings (SSSR count). The highest BCUT2D eigenvalue weighted by atomic mass is 16.5. The van der Waals surface area contributed by atoms with Crippen LogP contribution in [-0.4, -0.2) is 24.9 Å². The summed E-state index contributed by atoms with van der Waals surface area (Å²) in [6.07, 6.45) is 1.44. The lowest BCUT2D eigenvalue weighted by Crippen LogP contribution is -2.24. The van der Waals surface area contributed by atoms with Crippen molar-refractivity contribution < 1.29 is 4.74 Å². The van der Waals surface area contributed by atoms with Gasteiger partial charge in [-0.25, -0.2) is 4.79 Å². The topological polar surface area (TPSA) is 75.0 Å². The minimum absolute atomic E-state index is 0.124. The zero-order valence-corrected chi connectivity index (χ0v) is 13.0. The molecule has 0 fully saturated rings. The number of methoxy groups -OCH3 is 1. The summed E-state index contributed by atoms with van der Waals surface area (Å²) in [4.78, 5) is 27.8. The third kappa shape index (κ3) is 2.94. The Morgan fingerprint density at radius 3 is 2.38 bits per heavy atom. The van der Waals surface area contributed by atoms with Crippen LogP contribution >= 0.6 is 0 Å². The van der Waals surface area contributed by atoms with Gasteiger partial charge in [0.2, 0.25) is 0 Å². The van der Waals surface area contributed by atoms with Crippen LogP contribution in [0.25, 0.3) is 11.1 Å². The van der Waals surface area contributed by atoms with Gasteiger partial charge < -0.3 is 9.72 Å². The first-order chi connectivity index (χ1) is 9.74. The highest BCUT2D eigenvalue weighted by Crippen LogP contribution is 2.32. The molecule has 5 nitrogen and oxygen atoms in total. The predicted octanol–water partition coefficient (Wildman–Crippen LogP) is 0.295. The first-order valence-corrected chi connectivity index (χ1v) is 6.75. The average Bonchev–Trinajstić information content (AvgIpc) is 2.36. The molecule has 2 N–H and O–H groups in total. The second-order valence-electron chi connectivity index (χ2n) is 6.11. The average molecular weight is 286 g/mol. The number of rotatable bonds is 2. The zero-order valence-electron chi connectivity index (χ0n) is 13.0. The van der Waals surface area contributed by atoms with Gasteiger partial charge in [0.25, 0.3) is 5.56 Å². The molecule has 110 valence electrons. The van der Waals surface area contributed by atoms with E-state index in [9.17, 15) is 9.59 Å². The van der Waals surface area contributed by atoms with Gasteiger partial charge in [0.1, 0.15) is 13.6 Å². The molecule has 1 aromatic heterocycles. The van der Waals surface area contributed by atoms with Gasteiger partial charge in [-0.1, -0.05) is 26.8 Å².